The second-order valence-corrected chi connectivity index (χ2v) is 5.77. The van der Waals surface area contributed by atoms with Crippen molar-refractivity contribution < 1.29 is 17.9 Å². The normalized spacial score (nSPS) is 11.7. The summed E-state index contributed by atoms with van der Waals surface area (Å²) in [6, 6.07) is 7.65. The van der Waals surface area contributed by atoms with Gasteiger partial charge in [-0.25, -0.2) is 0 Å². The van der Waals surface area contributed by atoms with Gasteiger partial charge in [0.2, 0.25) is 0 Å². The molecule has 5 nitrogen and oxygen atoms in total. The number of halogens is 4. The van der Waals surface area contributed by atoms with Gasteiger partial charge < -0.3 is 15.4 Å². The van der Waals surface area contributed by atoms with Crippen molar-refractivity contribution in [2.45, 2.75) is 19.1 Å². The van der Waals surface area contributed by atoms with E-state index in [9.17, 15) is 13.2 Å². The third-order valence-corrected chi connectivity index (χ3v) is 3.46. The molecule has 0 aliphatic carbocycles. The van der Waals surface area contributed by atoms with Crippen LogP contribution in [0.1, 0.15) is 12.0 Å². The van der Waals surface area contributed by atoms with Crippen molar-refractivity contribution in [2.24, 2.45) is 4.99 Å². The summed E-state index contributed by atoms with van der Waals surface area (Å²) in [5.41, 5.74) is 0.974. The molecule has 0 atom stereocenters. The lowest BCUT2D eigenvalue weighted by Crippen LogP contribution is -2.39. The Morgan fingerprint density at radius 1 is 1.30 bits per heavy atom. The van der Waals surface area contributed by atoms with Crippen LogP contribution >= 0.6 is 24.0 Å². The number of rotatable bonds is 10. The Hall–Kier alpha value is -1.49. The molecule has 9 heteroatoms. The van der Waals surface area contributed by atoms with Gasteiger partial charge in [0.15, 0.2) is 5.96 Å². The average molecular weight is 500 g/mol. The zero-order chi connectivity index (χ0) is 19.4. The molecular weight excluding hydrogens is 472 g/mol. The smallest absolute Gasteiger partial charge is 0.401 e. The van der Waals surface area contributed by atoms with Crippen molar-refractivity contribution >= 4 is 29.9 Å². The molecule has 0 aliphatic heterocycles. The number of guanidine groups is 1. The average Bonchev–Trinajstić information content (AvgIpc) is 2.58. The lowest BCUT2D eigenvalue weighted by atomic mass is 10.2. The number of aliphatic imine (C=N–C) groups is 1. The van der Waals surface area contributed by atoms with E-state index in [2.05, 4.69) is 22.2 Å². The van der Waals surface area contributed by atoms with Crippen molar-refractivity contribution in [3.05, 3.63) is 42.5 Å². The summed E-state index contributed by atoms with van der Waals surface area (Å²) in [5.74, 6) is 1.35. The standard InChI is InChI=1S/C18H27F3N4O.HI/c1-4-12-26-16-9-6-5-8-15(16)13-24-17(22-2)23-10-7-11-25(3)14-18(19,20)21;/h4-6,8-9H,1,7,10-14H2,2-3H3,(H2,22,23,24);1H. The van der Waals surface area contributed by atoms with Crippen LogP contribution in [-0.4, -0.2) is 57.4 Å². The number of nitrogens with one attached hydrogen (secondary N) is 2. The van der Waals surface area contributed by atoms with Gasteiger partial charge in [-0.15, -0.1) is 24.0 Å². The molecule has 1 aromatic rings. The first-order valence-electron chi connectivity index (χ1n) is 8.37. The fourth-order valence-corrected chi connectivity index (χ4v) is 2.28. The SMILES string of the molecule is C=CCOc1ccccc1CNC(=NC)NCCCN(C)CC(F)(F)F.I. The Bertz CT molecular complexity index is 582. The molecule has 27 heavy (non-hydrogen) atoms. The second-order valence-electron chi connectivity index (χ2n) is 5.77. The molecule has 0 amide bonds. The first-order valence-corrected chi connectivity index (χ1v) is 8.37. The van der Waals surface area contributed by atoms with Crippen LogP contribution < -0.4 is 15.4 Å². The molecule has 0 radical (unpaired) electrons. The van der Waals surface area contributed by atoms with Gasteiger partial charge in [0.1, 0.15) is 12.4 Å². The highest BCUT2D eigenvalue weighted by Gasteiger charge is 2.28. The van der Waals surface area contributed by atoms with E-state index in [0.717, 1.165) is 11.3 Å². The highest BCUT2D eigenvalue weighted by atomic mass is 127. The van der Waals surface area contributed by atoms with Gasteiger partial charge in [-0.1, -0.05) is 30.9 Å². The van der Waals surface area contributed by atoms with Crippen LogP contribution in [0.25, 0.3) is 0 Å². The van der Waals surface area contributed by atoms with Gasteiger partial charge in [0.25, 0.3) is 0 Å². The molecule has 1 rings (SSSR count). The molecule has 0 aliphatic rings. The Labute approximate surface area is 176 Å². The maximum absolute atomic E-state index is 12.3. The van der Waals surface area contributed by atoms with Crippen molar-refractivity contribution in [1.29, 1.82) is 0 Å². The summed E-state index contributed by atoms with van der Waals surface area (Å²) in [4.78, 5) is 5.37. The molecule has 2 N–H and O–H groups in total. The van der Waals surface area contributed by atoms with E-state index in [-0.39, 0.29) is 24.0 Å². The van der Waals surface area contributed by atoms with Crippen LogP contribution in [-0.2, 0) is 6.54 Å². The van der Waals surface area contributed by atoms with Crippen molar-refractivity contribution in [1.82, 2.24) is 15.5 Å². The number of ether oxygens (including phenoxy) is 1. The third kappa shape index (κ3) is 11.8. The van der Waals surface area contributed by atoms with Crippen LogP contribution in [0.15, 0.2) is 41.9 Å². The Morgan fingerprint density at radius 2 is 2.00 bits per heavy atom. The molecule has 0 saturated carbocycles. The third-order valence-electron chi connectivity index (χ3n) is 3.46. The largest absolute Gasteiger partial charge is 0.489 e. The molecule has 0 heterocycles. The lowest BCUT2D eigenvalue weighted by molar-refractivity contribution is -0.143. The topological polar surface area (TPSA) is 48.9 Å². The maximum atomic E-state index is 12.3. The van der Waals surface area contributed by atoms with Crippen LogP contribution in [0.4, 0.5) is 13.2 Å². The first kappa shape index (κ1) is 25.5. The minimum absolute atomic E-state index is 0. The fraction of sp³-hybridized carbons (Fsp3) is 0.500. The molecule has 1 aromatic carbocycles. The number of benzene rings is 1. The van der Waals surface area contributed by atoms with E-state index in [0.29, 0.717) is 38.6 Å². The number of alkyl halides is 3. The summed E-state index contributed by atoms with van der Waals surface area (Å²) in [6.07, 6.45) is -1.91. The van der Waals surface area contributed by atoms with E-state index in [1.807, 2.05) is 24.3 Å². The predicted octanol–water partition coefficient (Wildman–Crippen LogP) is 3.42. The van der Waals surface area contributed by atoms with Crippen LogP contribution in [0.5, 0.6) is 5.75 Å². The molecule has 0 aromatic heterocycles. The summed E-state index contributed by atoms with van der Waals surface area (Å²) in [5, 5.41) is 6.26. The first-order chi connectivity index (χ1) is 12.4. The molecule has 0 saturated heterocycles. The monoisotopic (exact) mass is 500 g/mol. The summed E-state index contributed by atoms with van der Waals surface area (Å²) < 4.78 is 42.4. The molecule has 0 fully saturated rings. The number of nitrogens with zero attached hydrogens (tertiary/aromatic N) is 2. The van der Waals surface area contributed by atoms with E-state index in [1.165, 1.54) is 11.9 Å². The predicted molar refractivity (Wildman–Crippen MR) is 114 cm³/mol. The van der Waals surface area contributed by atoms with Gasteiger partial charge in [0.05, 0.1) is 6.54 Å². The van der Waals surface area contributed by atoms with Crippen molar-refractivity contribution in [3.63, 3.8) is 0 Å². The van der Waals surface area contributed by atoms with E-state index in [4.69, 9.17) is 4.74 Å². The van der Waals surface area contributed by atoms with Crippen LogP contribution in [0, 0.1) is 0 Å². The van der Waals surface area contributed by atoms with Gasteiger partial charge in [-0.3, -0.25) is 9.89 Å². The zero-order valence-corrected chi connectivity index (χ0v) is 18.0. The summed E-state index contributed by atoms with van der Waals surface area (Å²) >= 11 is 0. The molecule has 0 unspecified atom stereocenters. The molecule has 0 bridgehead atoms. The molecular formula is C18H28F3IN4O. The van der Waals surface area contributed by atoms with Gasteiger partial charge in [0, 0.05) is 25.7 Å². The number of hydrogen-bond acceptors (Lipinski definition) is 3. The van der Waals surface area contributed by atoms with Gasteiger partial charge in [-0.2, -0.15) is 13.2 Å². The Kier molecular flexibility index (Phi) is 12.9. The van der Waals surface area contributed by atoms with Crippen molar-refractivity contribution in [2.75, 3.05) is 40.3 Å². The van der Waals surface area contributed by atoms with Crippen LogP contribution in [0.3, 0.4) is 0 Å². The maximum Gasteiger partial charge on any atom is 0.401 e. The highest BCUT2D eigenvalue weighted by Crippen LogP contribution is 2.17. The second kappa shape index (κ2) is 13.6. The number of para-hydroxylation sites is 1. The highest BCUT2D eigenvalue weighted by molar-refractivity contribution is 14.0. The quantitative estimate of drug-likeness (QED) is 0.170. The van der Waals surface area contributed by atoms with Gasteiger partial charge in [-0.05, 0) is 26.1 Å². The molecule has 0 spiro atoms. The van der Waals surface area contributed by atoms with Crippen molar-refractivity contribution in [3.8, 4) is 5.75 Å². The van der Waals surface area contributed by atoms with E-state index in [1.54, 1.807) is 13.1 Å². The summed E-state index contributed by atoms with van der Waals surface area (Å²) in [7, 11) is 3.10. The lowest BCUT2D eigenvalue weighted by Gasteiger charge is -2.19. The zero-order valence-electron chi connectivity index (χ0n) is 15.7. The van der Waals surface area contributed by atoms with E-state index < -0.39 is 12.7 Å². The summed E-state index contributed by atoms with van der Waals surface area (Å²) in [6.45, 7) is 4.54. The Balaban J connectivity index is 0.00000676. The van der Waals surface area contributed by atoms with Crippen LogP contribution in [0.2, 0.25) is 0 Å². The Morgan fingerprint density at radius 3 is 2.63 bits per heavy atom. The molecule has 154 valence electrons. The fourth-order valence-electron chi connectivity index (χ4n) is 2.28. The minimum Gasteiger partial charge on any atom is -0.489 e. The van der Waals surface area contributed by atoms with Gasteiger partial charge >= 0.3 is 6.18 Å². The number of hydrogen-bond donors (Lipinski definition) is 2. The van der Waals surface area contributed by atoms with E-state index >= 15 is 0 Å². The minimum atomic E-state index is -4.17.